The first-order valence-electron chi connectivity index (χ1n) is 11.9. The highest BCUT2D eigenvalue weighted by Crippen LogP contribution is 2.12. The number of guanidine groups is 1. The molecular formula is C23H35N7O9. The molecule has 0 aliphatic heterocycles. The lowest BCUT2D eigenvalue weighted by Crippen LogP contribution is -2.58. The summed E-state index contributed by atoms with van der Waals surface area (Å²) in [5.41, 5.74) is 16.9. The average molecular weight is 554 g/mol. The number of carbonyl (C=O) groups is 5. The third kappa shape index (κ3) is 12.6. The van der Waals surface area contributed by atoms with Gasteiger partial charge in [-0.3, -0.25) is 24.2 Å². The standard InChI is InChI=1S/C23H35N7O9/c24-14(7-8-18(33)34)19(35)29-16(10-12-3-5-13(32)6-4-12)21(37)28-15(2-1-9-27-23(25)26)20(36)30-17(11-31)22(38)39/h3-6,14-17,31-32H,1-2,7-11,24H2,(H,28,37)(H,29,35)(H,30,36)(H,33,34)(H,38,39)(H4,25,26,27). The average Bonchev–Trinajstić information content (AvgIpc) is 2.87. The van der Waals surface area contributed by atoms with Gasteiger partial charge in [0.15, 0.2) is 5.96 Å². The molecule has 0 aromatic heterocycles. The molecule has 0 radical (unpaired) electrons. The highest BCUT2D eigenvalue weighted by Gasteiger charge is 2.30. The monoisotopic (exact) mass is 553 g/mol. The van der Waals surface area contributed by atoms with E-state index in [4.69, 9.17) is 27.4 Å². The molecule has 0 fully saturated rings. The number of phenols is 1. The summed E-state index contributed by atoms with van der Waals surface area (Å²) in [6, 6.07) is 0.273. The quantitative estimate of drug-likeness (QED) is 0.0516. The molecule has 0 saturated heterocycles. The molecule has 1 rings (SSSR count). The van der Waals surface area contributed by atoms with Crippen LogP contribution in [-0.2, 0) is 30.4 Å². The topological polar surface area (TPSA) is 293 Å². The van der Waals surface area contributed by atoms with Crippen molar-refractivity contribution in [2.45, 2.75) is 56.3 Å². The van der Waals surface area contributed by atoms with Gasteiger partial charge in [0, 0.05) is 19.4 Å². The van der Waals surface area contributed by atoms with Gasteiger partial charge < -0.3 is 53.6 Å². The molecule has 4 unspecified atom stereocenters. The van der Waals surface area contributed by atoms with Crippen molar-refractivity contribution in [3.63, 3.8) is 0 Å². The molecule has 39 heavy (non-hydrogen) atoms. The Kier molecular flexibility index (Phi) is 13.7. The molecule has 0 heterocycles. The van der Waals surface area contributed by atoms with Crippen LogP contribution in [0.15, 0.2) is 29.3 Å². The van der Waals surface area contributed by atoms with E-state index in [1.807, 2.05) is 0 Å². The van der Waals surface area contributed by atoms with Crippen LogP contribution < -0.4 is 33.2 Å². The van der Waals surface area contributed by atoms with Crippen molar-refractivity contribution in [3.05, 3.63) is 29.8 Å². The van der Waals surface area contributed by atoms with Crippen LogP contribution >= 0.6 is 0 Å². The summed E-state index contributed by atoms with van der Waals surface area (Å²) in [7, 11) is 0. The van der Waals surface area contributed by atoms with Gasteiger partial charge in [-0.05, 0) is 37.0 Å². The number of nitrogens with one attached hydrogen (secondary N) is 3. The Morgan fingerprint density at radius 1 is 0.846 bits per heavy atom. The smallest absolute Gasteiger partial charge is 0.328 e. The zero-order chi connectivity index (χ0) is 29.5. The lowest BCUT2D eigenvalue weighted by molar-refractivity contribution is -0.143. The van der Waals surface area contributed by atoms with E-state index in [0.717, 1.165) is 0 Å². The fourth-order valence-corrected chi connectivity index (χ4v) is 3.27. The summed E-state index contributed by atoms with van der Waals surface area (Å²) in [5, 5.41) is 43.8. The van der Waals surface area contributed by atoms with Gasteiger partial charge in [0.2, 0.25) is 17.7 Å². The normalized spacial score (nSPS) is 13.7. The molecular weight excluding hydrogens is 518 g/mol. The molecule has 1 aromatic rings. The number of rotatable bonds is 17. The van der Waals surface area contributed by atoms with E-state index in [-0.39, 0.29) is 50.4 Å². The second-order valence-electron chi connectivity index (χ2n) is 8.56. The van der Waals surface area contributed by atoms with Crippen LogP contribution in [0, 0.1) is 0 Å². The molecule has 216 valence electrons. The number of aliphatic hydroxyl groups is 1. The minimum Gasteiger partial charge on any atom is -0.508 e. The number of nitrogens with zero attached hydrogens (tertiary/aromatic N) is 1. The third-order valence-electron chi connectivity index (χ3n) is 5.39. The van der Waals surface area contributed by atoms with Crippen LogP contribution in [0.1, 0.15) is 31.2 Å². The van der Waals surface area contributed by atoms with E-state index in [1.54, 1.807) is 0 Å². The number of amides is 3. The first-order chi connectivity index (χ1) is 18.3. The van der Waals surface area contributed by atoms with Crippen molar-refractivity contribution in [2.75, 3.05) is 13.2 Å². The van der Waals surface area contributed by atoms with Gasteiger partial charge in [-0.1, -0.05) is 12.1 Å². The predicted molar refractivity (Wildman–Crippen MR) is 137 cm³/mol. The SMILES string of the molecule is NC(N)=NCCCC(NC(=O)C(Cc1ccc(O)cc1)NC(=O)C(N)CCC(=O)O)C(=O)NC(CO)C(=O)O. The van der Waals surface area contributed by atoms with E-state index in [9.17, 15) is 34.2 Å². The Bertz CT molecular complexity index is 1030. The number of phenolic OH excluding ortho intramolecular Hbond substituents is 1. The molecule has 0 spiro atoms. The number of aliphatic carboxylic acids is 2. The van der Waals surface area contributed by atoms with E-state index in [0.29, 0.717) is 5.56 Å². The Balaban J connectivity index is 3.14. The van der Waals surface area contributed by atoms with E-state index in [2.05, 4.69) is 20.9 Å². The Morgan fingerprint density at radius 2 is 1.41 bits per heavy atom. The molecule has 3 amide bonds. The molecule has 0 saturated carbocycles. The summed E-state index contributed by atoms with van der Waals surface area (Å²) in [6.45, 7) is -0.806. The van der Waals surface area contributed by atoms with Crippen LogP contribution in [0.25, 0.3) is 0 Å². The summed E-state index contributed by atoms with van der Waals surface area (Å²) in [6.07, 6.45) is -0.508. The summed E-state index contributed by atoms with van der Waals surface area (Å²) < 4.78 is 0. The van der Waals surface area contributed by atoms with Crippen LogP contribution in [-0.4, -0.2) is 93.4 Å². The van der Waals surface area contributed by atoms with Gasteiger partial charge in [-0.2, -0.15) is 0 Å². The van der Waals surface area contributed by atoms with Crippen molar-refractivity contribution in [1.29, 1.82) is 0 Å². The molecule has 0 bridgehead atoms. The number of aliphatic hydroxyl groups excluding tert-OH is 1. The summed E-state index contributed by atoms with van der Waals surface area (Å²) in [4.78, 5) is 64.5. The van der Waals surface area contributed by atoms with Crippen molar-refractivity contribution in [3.8, 4) is 5.75 Å². The number of carboxylic acids is 2. The van der Waals surface area contributed by atoms with Crippen LogP contribution in [0.2, 0.25) is 0 Å². The Morgan fingerprint density at radius 3 is 1.95 bits per heavy atom. The van der Waals surface area contributed by atoms with Crippen molar-refractivity contribution in [1.82, 2.24) is 16.0 Å². The number of aliphatic imine (C=N–C) groups is 1. The molecule has 4 atom stereocenters. The Hall–Kier alpha value is -4.44. The largest absolute Gasteiger partial charge is 0.508 e. The van der Waals surface area contributed by atoms with Gasteiger partial charge in [-0.15, -0.1) is 0 Å². The third-order valence-corrected chi connectivity index (χ3v) is 5.39. The highest BCUT2D eigenvalue weighted by molar-refractivity contribution is 5.94. The number of hydrogen-bond donors (Lipinski definition) is 10. The number of aromatic hydroxyl groups is 1. The number of carboxylic acid groups (broad SMARTS) is 2. The van der Waals surface area contributed by atoms with E-state index < -0.39 is 60.4 Å². The fraction of sp³-hybridized carbons (Fsp3) is 0.478. The van der Waals surface area contributed by atoms with Crippen LogP contribution in [0.4, 0.5) is 0 Å². The maximum Gasteiger partial charge on any atom is 0.328 e. The van der Waals surface area contributed by atoms with Gasteiger partial charge >= 0.3 is 11.9 Å². The van der Waals surface area contributed by atoms with Crippen LogP contribution in [0.5, 0.6) is 5.75 Å². The van der Waals surface area contributed by atoms with Gasteiger partial charge in [0.25, 0.3) is 0 Å². The summed E-state index contributed by atoms with van der Waals surface area (Å²) in [5.74, 6) is -5.44. The van der Waals surface area contributed by atoms with Crippen LogP contribution in [0.3, 0.4) is 0 Å². The van der Waals surface area contributed by atoms with Gasteiger partial charge in [0.05, 0.1) is 12.6 Å². The second kappa shape index (κ2) is 16.4. The summed E-state index contributed by atoms with van der Waals surface area (Å²) >= 11 is 0. The highest BCUT2D eigenvalue weighted by atomic mass is 16.4. The molecule has 16 heteroatoms. The first-order valence-corrected chi connectivity index (χ1v) is 11.9. The molecule has 1 aromatic carbocycles. The van der Waals surface area contributed by atoms with E-state index >= 15 is 0 Å². The maximum absolute atomic E-state index is 13.3. The zero-order valence-electron chi connectivity index (χ0n) is 21.1. The lowest BCUT2D eigenvalue weighted by atomic mass is 10.0. The maximum atomic E-state index is 13.3. The molecule has 0 aliphatic carbocycles. The second-order valence-corrected chi connectivity index (χ2v) is 8.56. The molecule has 16 nitrogen and oxygen atoms in total. The minimum absolute atomic E-state index is 0.0335. The fourth-order valence-electron chi connectivity index (χ4n) is 3.27. The predicted octanol–water partition coefficient (Wildman–Crippen LogP) is -3.29. The number of benzene rings is 1. The minimum atomic E-state index is -1.63. The van der Waals surface area contributed by atoms with Crippen molar-refractivity contribution < 1.29 is 44.4 Å². The number of nitrogens with two attached hydrogens (primary N) is 3. The Labute approximate surface area is 223 Å². The molecule has 13 N–H and O–H groups in total. The zero-order valence-corrected chi connectivity index (χ0v) is 21.1. The first kappa shape index (κ1) is 32.6. The van der Waals surface area contributed by atoms with Crippen molar-refractivity contribution >= 4 is 35.6 Å². The van der Waals surface area contributed by atoms with Gasteiger partial charge in [-0.25, -0.2) is 4.79 Å². The lowest BCUT2D eigenvalue weighted by Gasteiger charge is -2.25. The van der Waals surface area contributed by atoms with E-state index in [1.165, 1.54) is 24.3 Å². The number of carbonyl (C=O) groups excluding carboxylic acids is 3. The number of hydrogen-bond acceptors (Lipinski definition) is 9. The van der Waals surface area contributed by atoms with Crippen molar-refractivity contribution in [2.24, 2.45) is 22.2 Å². The molecule has 0 aliphatic rings. The van der Waals surface area contributed by atoms with Gasteiger partial charge in [0.1, 0.15) is 23.9 Å².